The Hall–Kier alpha value is -2.08. The topological polar surface area (TPSA) is 0 Å². The van der Waals surface area contributed by atoms with Gasteiger partial charge < -0.3 is 0 Å². The molecule has 4 aromatic rings. The van der Waals surface area contributed by atoms with Crippen LogP contribution < -0.4 is 0 Å². The molecule has 1 aliphatic heterocycles. The molecule has 124 valence electrons. The van der Waals surface area contributed by atoms with E-state index in [0.717, 1.165) is 0 Å². The Kier molecular flexibility index (Phi) is 4.28. The van der Waals surface area contributed by atoms with Crippen molar-refractivity contribution in [1.29, 1.82) is 0 Å². The van der Waals surface area contributed by atoms with E-state index in [-0.39, 0.29) is 0 Å². The predicted molar refractivity (Wildman–Crippen MR) is 115 cm³/mol. The van der Waals surface area contributed by atoms with E-state index in [4.69, 9.17) is 0 Å². The summed E-state index contributed by atoms with van der Waals surface area (Å²) in [6, 6.07) is 30.9. The van der Waals surface area contributed by atoms with E-state index in [1.165, 1.54) is 37.1 Å². The number of benzene rings is 4. The van der Waals surface area contributed by atoms with Crippen LogP contribution in [0.15, 0.2) is 93.3 Å². The van der Waals surface area contributed by atoms with E-state index >= 15 is 0 Å². The zero-order valence-corrected chi connectivity index (χ0v) is 17.5. The molecule has 0 bridgehead atoms. The molecule has 0 nitrogen and oxygen atoms in total. The summed E-state index contributed by atoms with van der Waals surface area (Å²) in [5, 5.41) is 5.29. The number of hydrogen-bond donors (Lipinski definition) is 0. The first kappa shape index (κ1) is 16.1. The molecule has 0 N–H and O–H groups in total. The first-order valence-corrected chi connectivity index (χ1v) is 12.2. The van der Waals surface area contributed by atoms with Crippen LogP contribution in [0.4, 0.5) is 0 Å². The first-order valence-electron chi connectivity index (χ1n) is 8.59. The normalized spacial score (nSPS) is 15.7. The summed E-state index contributed by atoms with van der Waals surface area (Å²) in [6.07, 6.45) is 2.41. The Bertz CT molecular complexity index is 1180. The van der Waals surface area contributed by atoms with E-state index in [9.17, 15) is 0 Å². The summed E-state index contributed by atoms with van der Waals surface area (Å²) >= 11 is 0.917. The minimum absolute atomic E-state index is 0.439. The van der Waals surface area contributed by atoms with Gasteiger partial charge in [-0.15, -0.1) is 0 Å². The molecule has 5 rings (SSSR count). The molecule has 1 aliphatic rings. The van der Waals surface area contributed by atoms with Crippen molar-refractivity contribution in [1.82, 2.24) is 0 Å². The minimum atomic E-state index is 0.439. The Balaban J connectivity index is 1.42. The van der Waals surface area contributed by atoms with Gasteiger partial charge in [-0.2, -0.15) is 0 Å². The summed E-state index contributed by atoms with van der Waals surface area (Å²) < 4.78 is 3.15. The van der Waals surface area contributed by atoms with Crippen LogP contribution in [-0.2, 0) is 0 Å². The summed E-state index contributed by atoms with van der Waals surface area (Å²) in [6.45, 7) is 0. The van der Waals surface area contributed by atoms with Gasteiger partial charge in [0.1, 0.15) is 0 Å². The SMILES string of the molecule is C(=C1[Se]C=C(c2ccc3ccccc3c2)[Se]1)c1ccc2ccccc2c1. The van der Waals surface area contributed by atoms with E-state index in [1.807, 2.05) is 0 Å². The molecule has 0 aliphatic carbocycles. The van der Waals surface area contributed by atoms with Gasteiger partial charge in [-0.05, 0) is 0 Å². The van der Waals surface area contributed by atoms with E-state index in [1.54, 1.807) is 3.37 Å². The first-order chi connectivity index (χ1) is 12.8. The molecule has 2 heteroatoms. The molecule has 0 radical (unpaired) electrons. The van der Waals surface area contributed by atoms with Crippen LogP contribution in [-0.4, -0.2) is 29.9 Å². The van der Waals surface area contributed by atoms with Gasteiger partial charge >= 0.3 is 166 Å². The van der Waals surface area contributed by atoms with Gasteiger partial charge in [0.2, 0.25) is 0 Å². The van der Waals surface area contributed by atoms with Crippen LogP contribution in [0.5, 0.6) is 0 Å². The molecule has 0 unspecified atom stereocenters. The molecule has 4 aromatic carbocycles. The quantitative estimate of drug-likeness (QED) is 0.335. The van der Waals surface area contributed by atoms with Crippen LogP contribution in [0.1, 0.15) is 11.1 Å². The van der Waals surface area contributed by atoms with Gasteiger partial charge in [-0.3, -0.25) is 0 Å². The Morgan fingerprint density at radius 2 is 1.27 bits per heavy atom. The third-order valence-electron chi connectivity index (χ3n) is 4.58. The maximum atomic E-state index is 2.48. The van der Waals surface area contributed by atoms with Crippen LogP contribution in [0, 0.1) is 0 Å². The molecule has 1 heterocycles. The summed E-state index contributed by atoms with van der Waals surface area (Å²) in [5.74, 6) is 0. The summed E-state index contributed by atoms with van der Waals surface area (Å²) in [7, 11) is 0. The zero-order chi connectivity index (χ0) is 17.3. The zero-order valence-electron chi connectivity index (χ0n) is 14.1. The van der Waals surface area contributed by atoms with Crippen molar-refractivity contribution in [2.75, 3.05) is 0 Å². The average Bonchev–Trinajstić information content (AvgIpc) is 3.16. The second-order valence-electron chi connectivity index (χ2n) is 6.33. The summed E-state index contributed by atoms with van der Waals surface area (Å²) in [4.78, 5) is 2.48. The van der Waals surface area contributed by atoms with E-state index in [2.05, 4.69) is 96.0 Å². The van der Waals surface area contributed by atoms with Gasteiger partial charge in [0.15, 0.2) is 0 Å². The van der Waals surface area contributed by atoms with E-state index < -0.39 is 0 Å². The number of rotatable bonds is 2. The van der Waals surface area contributed by atoms with E-state index in [0.29, 0.717) is 29.9 Å². The predicted octanol–water partition coefficient (Wildman–Crippen LogP) is 5.71. The second-order valence-corrected chi connectivity index (χ2v) is 11.8. The third kappa shape index (κ3) is 3.18. The van der Waals surface area contributed by atoms with Crippen molar-refractivity contribution >= 4 is 62.0 Å². The third-order valence-corrected chi connectivity index (χ3v) is 10.6. The van der Waals surface area contributed by atoms with Gasteiger partial charge in [-0.25, -0.2) is 0 Å². The monoisotopic (exact) mass is 464 g/mol. The van der Waals surface area contributed by atoms with Crippen molar-refractivity contribution in [2.24, 2.45) is 0 Å². The Labute approximate surface area is 165 Å². The molecular formula is C24H16Se2. The van der Waals surface area contributed by atoms with Crippen LogP contribution in [0.25, 0.3) is 32.1 Å². The maximum absolute atomic E-state index is 2.48. The second kappa shape index (κ2) is 6.91. The molecule has 26 heavy (non-hydrogen) atoms. The molecule has 0 atom stereocenters. The van der Waals surface area contributed by atoms with Crippen molar-refractivity contribution in [3.63, 3.8) is 0 Å². The fourth-order valence-electron chi connectivity index (χ4n) is 3.23. The molecule has 0 saturated heterocycles. The van der Waals surface area contributed by atoms with Crippen LogP contribution >= 0.6 is 0 Å². The van der Waals surface area contributed by atoms with Crippen molar-refractivity contribution in [3.8, 4) is 0 Å². The van der Waals surface area contributed by atoms with Gasteiger partial charge in [0.25, 0.3) is 0 Å². The van der Waals surface area contributed by atoms with Gasteiger partial charge in [0.05, 0.1) is 0 Å². The molecular weight excluding hydrogens is 446 g/mol. The molecule has 0 amide bonds. The van der Waals surface area contributed by atoms with Crippen molar-refractivity contribution < 1.29 is 0 Å². The Morgan fingerprint density at radius 1 is 0.615 bits per heavy atom. The van der Waals surface area contributed by atoms with Crippen LogP contribution in [0.3, 0.4) is 0 Å². The fraction of sp³-hybridized carbons (Fsp3) is 0. The molecule has 0 saturated carbocycles. The average molecular weight is 462 g/mol. The van der Waals surface area contributed by atoms with Gasteiger partial charge in [0, 0.05) is 0 Å². The summed E-state index contributed by atoms with van der Waals surface area (Å²) in [5.41, 5.74) is 2.73. The fourth-order valence-corrected chi connectivity index (χ4v) is 9.07. The number of hydrogen-bond acceptors (Lipinski definition) is 0. The van der Waals surface area contributed by atoms with Crippen molar-refractivity contribution in [2.45, 2.75) is 0 Å². The molecule has 0 fully saturated rings. The molecule has 0 spiro atoms. The standard InChI is InChI=1S/C24H16Se2/c1-3-7-20-13-17(9-10-18(20)5-1)14-24-25-16-23(26-24)22-12-11-19-6-2-4-8-21(19)15-22/h1-16H. The molecule has 0 aromatic heterocycles. The van der Waals surface area contributed by atoms with Gasteiger partial charge in [-0.1, -0.05) is 0 Å². The Morgan fingerprint density at radius 3 is 2.04 bits per heavy atom. The number of fused-ring (bicyclic) bond motifs is 2. The van der Waals surface area contributed by atoms with Crippen molar-refractivity contribution in [3.05, 3.63) is 104 Å². The van der Waals surface area contributed by atoms with Crippen LogP contribution in [0.2, 0.25) is 0 Å².